The third kappa shape index (κ3) is 6.27. The van der Waals surface area contributed by atoms with E-state index in [0.717, 1.165) is 24.0 Å². The quantitative estimate of drug-likeness (QED) is 0.447. The normalized spacial score (nSPS) is 11.5. The number of carbonyl (C=O) groups is 1. The molecule has 0 aliphatic rings. The SMILES string of the molecule is C=C/C(=C\C=C/CC)Cn1nnc(-c2ccc(OC)c(C(=O)NCC(=C)CC)c2)n1. The fraction of sp³-hybridized carbons (Fsp3) is 0.304. The van der Waals surface area contributed by atoms with Crippen LogP contribution in [0.3, 0.4) is 0 Å². The van der Waals surface area contributed by atoms with Gasteiger partial charge in [0.15, 0.2) is 0 Å². The van der Waals surface area contributed by atoms with Crippen LogP contribution in [-0.2, 0) is 6.54 Å². The fourth-order valence-electron chi connectivity index (χ4n) is 2.55. The molecule has 0 bridgehead atoms. The summed E-state index contributed by atoms with van der Waals surface area (Å²) in [6.07, 6.45) is 9.55. The zero-order chi connectivity index (χ0) is 21.9. The van der Waals surface area contributed by atoms with E-state index in [1.165, 1.54) is 11.9 Å². The number of methoxy groups -OCH3 is 1. The minimum atomic E-state index is -0.240. The van der Waals surface area contributed by atoms with E-state index in [-0.39, 0.29) is 5.91 Å². The van der Waals surface area contributed by atoms with Gasteiger partial charge in [0, 0.05) is 12.1 Å². The summed E-state index contributed by atoms with van der Waals surface area (Å²) in [4.78, 5) is 14.1. The highest BCUT2D eigenvalue weighted by Crippen LogP contribution is 2.24. The maximum Gasteiger partial charge on any atom is 0.255 e. The van der Waals surface area contributed by atoms with Crippen molar-refractivity contribution in [2.75, 3.05) is 13.7 Å². The molecular formula is C23H29N5O2. The molecule has 1 aromatic carbocycles. The molecule has 0 aliphatic carbocycles. The largest absolute Gasteiger partial charge is 0.496 e. The number of benzene rings is 1. The number of tetrazole rings is 1. The Kier molecular flexibility index (Phi) is 8.75. The lowest BCUT2D eigenvalue weighted by atomic mass is 10.1. The number of rotatable bonds is 11. The van der Waals surface area contributed by atoms with Crippen molar-refractivity contribution in [3.8, 4) is 17.1 Å². The number of ether oxygens (including phenoxy) is 1. The molecule has 0 aliphatic heterocycles. The van der Waals surface area contributed by atoms with Crippen molar-refractivity contribution in [1.29, 1.82) is 0 Å². The lowest BCUT2D eigenvalue weighted by Crippen LogP contribution is -2.25. The van der Waals surface area contributed by atoms with Crippen LogP contribution in [0, 0.1) is 0 Å². The second kappa shape index (κ2) is 11.5. The van der Waals surface area contributed by atoms with Gasteiger partial charge in [-0.25, -0.2) is 0 Å². The van der Waals surface area contributed by atoms with Gasteiger partial charge in [0.25, 0.3) is 5.91 Å². The predicted octanol–water partition coefficient (Wildman–Crippen LogP) is 4.12. The van der Waals surface area contributed by atoms with E-state index in [1.807, 2.05) is 19.1 Å². The Morgan fingerprint density at radius 2 is 2.13 bits per heavy atom. The first-order valence-electron chi connectivity index (χ1n) is 9.91. The van der Waals surface area contributed by atoms with Gasteiger partial charge in [-0.05, 0) is 41.8 Å². The Bertz CT molecular complexity index is 956. The van der Waals surface area contributed by atoms with Crippen molar-refractivity contribution in [3.63, 3.8) is 0 Å². The van der Waals surface area contributed by atoms with Crippen LogP contribution in [0.2, 0.25) is 0 Å². The molecule has 1 heterocycles. The Morgan fingerprint density at radius 3 is 2.80 bits per heavy atom. The van der Waals surface area contributed by atoms with E-state index in [4.69, 9.17) is 4.74 Å². The molecule has 0 saturated carbocycles. The number of hydrogen-bond acceptors (Lipinski definition) is 5. The third-order valence-corrected chi connectivity index (χ3v) is 4.42. The molecule has 0 fully saturated rings. The molecule has 158 valence electrons. The van der Waals surface area contributed by atoms with Gasteiger partial charge in [0.2, 0.25) is 5.82 Å². The number of amides is 1. The fourth-order valence-corrected chi connectivity index (χ4v) is 2.55. The van der Waals surface area contributed by atoms with Crippen LogP contribution in [-0.4, -0.2) is 39.8 Å². The number of nitrogens with zero attached hydrogens (tertiary/aromatic N) is 4. The van der Waals surface area contributed by atoms with Gasteiger partial charge < -0.3 is 10.1 Å². The average molecular weight is 408 g/mol. The number of aromatic nitrogens is 4. The summed E-state index contributed by atoms with van der Waals surface area (Å²) in [5, 5.41) is 15.5. The minimum Gasteiger partial charge on any atom is -0.496 e. The van der Waals surface area contributed by atoms with E-state index >= 15 is 0 Å². The number of hydrogen-bond donors (Lipinski definition) is 1. The maximum atomic E-state index is 12.6. The lowest BCUT2D eigenvalue weighted by molar-refractivity contribution is 0.0954. The van der Waals surface area contributed by atoms with Crippen molar-refractivity contribution < 1.29 is 9.53 Å². The maximum absolute atomic E-state index is 12.6. The molecule has 0 radical (unpaired) electrons. The second-order valence-electron chi connectivity index (χ2n) is 6.63. The molecule has 0 atom stereocenters. The average Bonchev–Trinajstić information content (AvgIpc) is 3.24. The van der Waals surface area contributed by atoms with Crippen LogP contribution in [0.25, 0.3) is 11.4 Å². The molecule has 1 amide bonds. The van der Waals surface area contributed by atoms with E-state index < -0.39 is 0 Å². The summed E-state index contributed by atoms with van der Waals surface area (Å²) in [5.74, 6) is 0.665. The summed E-state index contributed by atoms with van der Waals surface area (Å²) >= 11 is 0. The van der Waals surface area contributed by atoms with Gasteiger partial charge in [0.05, 0.1) is 19.2 Å². The molecule has 1 N–H and O–H groups in total. The molecule has 2 rings (SSSR count). The molecule has 1 aromatic heterocycles. The highest BCUT2D eigenvalue weighted by atomic mass is 16.5. The number of nitrogens with one attached hydrogen (secondary N) is 1. The molecule has 7 nitrogen and oxygen atoms in total. The topological polar surface area (TPSA) is 81.9 Å². The van der Waals surface area contributed by atoms with Gasteiger partial charge in [-0.1, -0.05) is 56.9 Å². The van der Waals surface area contributed by atoms with Gasteiger partial charge in [-0.2, -0.15) is 4.80 Å². The van der Waals surface area contributed by atoms with E-state index in [0.29, 0.717) is 35.8 Å². The smallest absolute Gasteiger partial charge is 0.255 e. The number of allylic oxidation sites excluding steroid dienone is 5. The van der Waals surface area contributed by atoms with Crippen LogP contribution >= 0.6 is 0 Å². The van der Waals surface area contributed by atoms with Crippen LogP contribution in [0.4, 0.5) is 0 Å². The van der Waals surface area contributed by atoms with Crippen LogP contribution in [0.1, 0.15) is 37.0 Å². The lowest BCUT2D eigenvalue weighted by Gasteiger charge is -2.11. The van der Waals surface area contributed by atoms with Gasteiger partial charge in [-0.15, -0.1) is 10.2 Å². The highest BCUT2D eigenvalue weighted by Gasteiger charge is 2.16. The minimum absolute atomic E-state index is 0.240. The highest BCUT2D eigenvalue weighted by molar-refractivity contribution is 5.98. The van der Waals surface area contributed by atoms with Crippen LogP contribution in [0.15, 0.2) is 66.8 Å². The predicted molar refractivity (Wildman–Crippen MR) is 119 cm³/mol. The van der Waals surface area contributed by atoms with Crippen molar-refractivity contribution in [2.24, 2.45) is 0 Å². The van der Waals surface area contributed by atoms with E-state index in [1.54, 1.807) is 24.3 Å². The van der Waals surface area contributed by atoms with Crippen LogP contribution < -0.4 is 10.1 Å². The standard InChI is InChI=1S/C23H29N5O2/c1-6-9-10-11-18(8-3)16-28-26-22(25-27-28)19-12-13-21(30-5)20(14-19)23(29)24-15-17(4)7-2/h8-14H,3-4,6-7,15-16H2,1-2,5H3,(H,24,29)/b10-9-,18-11+. The summed E-state index contributed by atoms with van der Waals surface area (Å²) in [5.41, 5.74) is 3.00. The molecule has 0 spiro atoms. The Hall–Kier alpha value is -3.48. The zero-order valence-electron chi connectivity index (χ0n) is 17.9. The first-order valence-corrected chi connectivity index (χ1v) is 9.91. The third-order valence-electron chi connectivity index (χ3n) is 4.42. The summed E-state index contributed by atoms with van der Waals surface area (Å²) in [6.45, 7) is 12.7. The molecule has 0 unspecified atom stereocenters. The molecular weight excluding hydrogens is 378 g/mol. The van der Waals surface area contributed by atoms with Gasteiger partial charge in [0.1, 0.15) is 5.75 Å². The number of carbonyl (C=O) groups excluding carboxylic acids is 1. The van der Waals surface area contributed by atoms with Crippen molar-refractivity contribution in [1.82, 2.24) is 25.5 Å². The Balaban J connectivity index is 2.23. The second-order valence-corrected chi connectivity index (χ2v) is 6.63. The Labute approximate surface area is 177 Å². The molecule has 0 saturated heterocycles. The van der Waals surface area contributed by atoms with E-state index in [2.05, 4.69) is 46.9 Å². The summed E-state index contributed by atoms with van der Waals surface area (Å²) in [6, 6.07) is 5.23. The monoisotopic (exact) mass is 407 g/mol. The first kappa shape index (κ1) is 22.8. The van der Waals surface area contributed by atoms with Gasteiger partial charge in [-0.3, -0.25) is 4.79 Å². The van der Waals surface area contributed by atoms with E-state index in [9.17, 15) is 4.79 Å². The molecule has 2 aromatic rings. The van der Waals surface area contributed by atoms with Crippen LogP contribution in [0.5, 0.6) is 5.75 Å². The summed E-state index contributed by atoms with van der Waals surface area (Å²) in [7, 11) is 1.53. The first-order chi connectivity index (χ1) is 14.5. The molecule has 30 heavy (non-hydrogen) atoms. The van der Waals surface area contributed by atoms with Crippen molar-refractivity contribution >= 4 is 5.91 Å². The molecule has 7 heteroatoms. The zero-order valence-corrected chi connectivity index (χ0v) is 17.9. The summed E-state index contributed by atoms with van der Waals surface area (Å²) < 4.78 is 5.34. The van der Waals surface area contributed by atoms with Crippen molar-refractivity contribution in [2.45, 2.75) is 33.2 Å². The van der Waals surface area contributed by atoms with Crippen molar-refractivity contribution in [3.05, 3.63) is 72.4 Å². The Morgan fingerprint density at radius 1 is 1.33 bits per heavy atom. The van der Waals surface area contributed by atoms with Gasteiger partial charge >= 0.3 is 0 Å².